The predicted octanol–water partition coefficient (Wildman–Crippen LogP) is 4.61. The first-order valence-electron chi connectivity index (χ1n) is 12.0. The highest BCUT2D eigenvalue weighted by atomic mass is 32.2. The number of sulfone groups is 1. The normalized spacial score (nSPS) is 27.2. The summed E-state index contributed by atoms with van der Waals surface area (Å²) in [4.78, 5) is 12.6. The van der Waals surface area contributed by atoms with Gasteiger partial charge in [-0.3, -0.25) is 9.52 Å². The molecular weight excluding hydrogens is 529 g/mol. The summed E-state index contributed by atoms with van der Waals surface area (Å²) in [7, 11) is -8.18. The molecule has 2 N–H and O–H groups in total. The second-order valence-electron chi connectivity index (χ2n) is 10.8. The predicted molar refractivity (Wildman–Crippen MR) is 130 cm³/mol. The number of sulfonamides is 1. The van der Waals surface area contributed by atoms with Gasteiger partial charge >= 0.3 is 6.18 Å². The number of carbonyl (C=O) groups is 1. The topological polar surface area (TPSA) is 109 Å². The summed E-state index contributed by atoms with van der Waals surface area (Å²) in [6.07, 6.45) is 1.90. The minimum atomic E-state index is -4.82. The molecule has 1 amide bonds. The molecule has 4 aliphatic carbocycles. The average molecular weight is 557 g/mol. The van der Waals surface area contributed by atoms with Crippen LogP contribution in [0.4, 0.5) is 18.9 Å². The number of anilines is 1. The van der Waals surface area contributed by atoms with Gasteiger partial charge in [-0.1, -0.05) is 0 Å². The molecule has 0 heterocycles. The monoisotopic (exact) mass is 556 g/mol. The van der Waals surface area contributed by atoms with Gasteiger partial charge in [-0.25, -0.2) is 16.8 Å². The van der Waals surface area contributed by atoms with E-state index in [0.717, 1.165) is 50.8 Å². The Kier molecular flexibility index (Phi) is 6.14. The molecule has 2 aromatic carbocycles. The molecule has 0 aromatic heterocycles. The molecule has 7 nitrogen and oxygen atoms in total. The van der Waals surface area contributed by atoms with E-state index < -0.39 is 47.9 Å². The van der Waals surface area contributed by atoms with Crippen LogP contribution in [0.25, 0.3) is 0 Å². The van der Waals surface area contributed by atoms with Crippen molar-refractivity contribution in [2.45, 2.75) is 60.0 Å². The van der Waals surface area contributed by atoms with Gasteiger partial charge in [0, 0.05) is 17.5 Å². The Labute approximate surface area is 213 Å². The van der Waals surface area contributed by atoms with Gasteiger partial charge in [-0.15, -0.1) is 0 Å². The van der Waals surface area contributed by atoms with Crippen LogP contribution in [0.3, 0.4) is 0 Å². The van der Waals surface area contributed by atoms with Crippen molar-refractivity contribution in [2.24, 2.45) is 17.8 Å². The van der Waals surface area contributed by atoms with Crippen molar-refractivity contribution < 1.29 is 34.8 Å². The minimum Gasteiger partial charge on any atom is -0.347 e. The molecule has 4 saturated carbocycles. The fourth-order valence-corrected chi connectivity index (χ4v) is 8.58. The molecule has 0 spiro atoms. The zero-order valence-electron chi connectivity index (χ0n) is 20.0. The molecule has 12 heteroatoms. The van der Waals surface area contributed by atoms with Crippen molar-refractivity contribution in [1.29, 1.82) is 0 Å². The first-order valence-corrected chi connectivity index (χ1v) is 15.4. The van der Waals surface area contributed by atoms with Crippen molar-refractivity contribution in [2.75, 3.05) is 11.0 Å². The molecule has 4 fully saturated rings. The third kappa shape index (κ3) is 5.22. The lowest BCUT2D eigenvalue weighted by molar-refractivity contribution is -0.137. The van der Waals surface area contributed by atoms with Crippen LogP contribution in [-0.2, 0) is 26.0 Å². The summed E-state index contributed by atoms with van der Waals surface area (Å²) in [5, 5.41) is 3.02. The van der Waals surface area contributed by atoms with E-state index in [1.165, 1.54) is 24.3 Å². The first-order chi connectivity index (χ1) is 17.1. The van der Waals surface area contributed by atoms with Crippen LogP contribution in [-0.4, -0.2) is 34.5 Å². The van der Waals surface area contributed by atoms with Crippen molar-refractivity contribution in [3.05, 3.63) is 53.6 Å². The Morgan fingerprint density at radius 2 is 1.43 bits per heavy atom. The van der Waals surface area contributed by atoms with E-state index in [9.17, 15) is 34.8 Å². The van der Waals surface area contributed by atoms with E-state index in [1.54, 1.807) is 0 Å². The summed E-state index contributed by atoms with van der Waals surface area (Å²) in [6, 6.07) is 6.81. The quantitative estimate of drug-likeness (QED) is 0.540. The lowest BCUT2D eigenvalue weighted by atomic mass is 9.53. The molecule has 0 unspecified atom stereocenters. The molecule has 2 aromatic rings. The highest BCUT2D eigenvalue weighted by Crippen LogP contribution is 2.55. The largest absolute Gasteiger partial charge is 0.416 e. The second-order valence-corrected chi connectivity index (χ2v) is 14.4. The van der Waals surface area contributed by atoms with E-state index in [2.05, 4.69) is 10.0 Å². The van der Waals surface area contributed by atoms with E-state index in [1.807, 2.05) is 0 Å². The lowest BCUT2D eigenvalue weighted by Crippen LogP contribution is -2.59. The van der Waals surface area contributed by atoms with E-state index in [0.29, 0.717) is 29.9 Å². The molecular formula is C25H27F3N2O5S2. The van der Waals surface area contributed by atoms with Crippen LogP contribution < -0.4 is 10.0 Å². The van der Waals surface area contributed by atoms with Crippen LogP contribution >= 0.6 is 0 Å². The number of halogens is 3. The minimum absolute atomic E-state index is 0.0508. The van der Waals surface area contributed by atoms with Gasteiger partial charge in [0.05, 0.1) is 16.0 Å². The fraction of sp³-hybridized carbons (Fsp3) is 0.480. The summed E-state index contributed by atoms with van der Waals surface area (Å²) < 4.78 is 92.5. The van der Waals surface area contributed by atoms with Gasteiger partial charge in [0.2, 0.25) is 0 Å². The summed E-state index contributed by atoms with van der Waals surface area (Å²) in [5.74, 6) is 0.778. The van der Waals surface area contributed by atoms with Crippen molar-refractivity contribution in [3.63, 3.8) is 0 Å². The van der Waals surface area contributed by atoms with E-state index in [4.69, 9.17) is 0 Å². The summed E-state index contributed by atoms with van der Waals surface area (Å²) in [5.41, 5.74) is -2.10. The number of alkyl halides is 3. The van der Waals surface area contributed by atoms with E-state index >= 15 is 0 Å². The Morgan fingerprint density at radius 1 is 0.892 bits per heavy atom. The SMILES string of the molecule is CS(=O)(=O)c1ccc(NS(=O)(=O)c2cc(C(F)(F)F)ccc2C(=O)NC23CC4CC(CC(C4)C2)C3)cc1. The smallest absolute Gasteiger partial charge is 0.347 e. The summed E-state index contributed by atoms with van der Waals surface area (Å²) in [6.45, 7) is 0. The van der Waals surface area contributed by atoms with Crippen LogP contribution in [0.15, 0.2) is 52.3 Å². The maximum Gasteiger partial charge on any atom is 0.416 e. The molecule has 0 atom stereocenters. The Hall–Kier alpha value is -2.60. The standard InChI is InChI=1S/C25H27F3N2O5S2/c1-36(32,33)20-5-3-19(4-6-20)30-37(34,35)22-11-18(25(26,27)28)2-7-21(22)23(31)29-24-12-15-8-16(13-24)10-17(9-15)14-24/h2-7,11,15-17,30H,8-10,12-14H2,1H3,(H,29,31). The van der Waals surface area contributed by atoms with Gasteiger partial charge in [-0.2, -0.15) is 13.2 Å². The zero-order valence-corrected chi connectivity index (χ0v) is 21.6. The van der Waals surface area contributed by atoms with Crippen LogP contribution in [0.2, 0.25) is 0 Å². The maximum absolute atomic E-state index is 13.5. The number of hydrogen-bond donors (Lipinski definition) is 2. The number of amides is 1. The van der Waals surface area contributed by atoms with Crippen LogP contribution in [0.1, 0.15) is 54.4 Å². The van der Waals surface area contributed by atoms with Crippen molar-refractivity contribution >= 4 is 31.5 Å². The van der Waals surface area contributed by atoms with Crippen LogP contribution in [0.5, 0.6) is 0 Å². The van der Waals surface area contributed by atoms with Crippen molar-refractivity contribution in [3.8, 4) is 0 Å². The molecule has 6 rings (SSSR count). The number of hydrogen-bond acceptors (Lipinski definition) is 5. The lowest BCUT2D eigenvalue weighted by Gasteiger charge is -2.56. The molecule has 200 valence electrons. The van der Waals surface area contributed by atoms with E-state index in [-0.39, 0.29) is 16.1 Å². The second kappa shape index (κ2) is 8.72. The van der Waals surface area contributed by atoms with Gasteiger partial charge in [0.1, 0.15) is 4.90 Å². The maximum atomic E-state index is 13.5. The number of rotatable bonds is 6. The third-order valence-corrected chi connectivity index (χ3v) is 10.3. The molecule has 37 heavy (non-hydrogen) atoms. The first kappa shape index (κ1) is 26.0. The Bertz CT molecular complexity index is 1420. The zero-order chi connectivity index (χ0) is 26.8. The van der Waals surface area contributed by atoms with Crippen molar-refractivity contribution in [1.82, 2.24) is 5.32 Å². The molecule has 4 aliphatic rings. The number of carbonyl (C=O) groups excluding carboxylic acids is 1. The van der Waals surface area contributed by atoms with Gasteiger partial charge in [0.15, 0.2) is 9.84 Å². The molecule has 0 saturated heterocycles. The highest BCUT2D eigenvalue weighted by molar-refractivity contribution is 7.92. The Morgan fingerprint density at radius 3 is 1.92 bits per heavy atom. The molecule has 4 bridgehead atoms. The van der Waals surface area contributed by atoms with Gasteiger partial charge < -0.3 is 5.32 Å². The fourth-order valence-electron chi connectivity index (χ4n) is 6.66. The highest BCUT2D eigenvalue weighted by Gasteiger charge is 2.51. The number of benzene rings is 2. The molecule has 0 aliphatic heterocycles. The number of nitrogens with one attached hydrogen (secondary N) is 2. The summed E-state index contributed by atoms with van der Waals surface area (Å²) >= 11 is 0. The van der Waals surface area contributed by atoms with Crippen LogP contribution in [0, 0.1) is 17.8 Å². The van der Waals surface area contributed by atoms with Gasteiger partial charge in [0.25, 0.3) is 15.9 Å². The van der Waals surface area contributed by atoms with Gasteiger partial charge in [-0.05, 0) is 98.7 Å². The third-order valence-electron chi connectivity index (χ3n) is 7.79. The average Bonchev–Trinajstić information content (AvgIpc) is 2.76. The Balaban J connectivity index is 1.48. The molecule has 0 radical (unpaired) electrons.